The Labute approximate surface area is 117 Å². The lowest BCUT2D eigenvalue weighted by Gasteiger charge is -2.15. The van der Waals surface area contributed by atoms with Gasteiger partial charge < -0.3 is 4.74 Å². The van der Waals surface area contributed by atoms with Crippen molar-refractivity contribution in [2.45, 2.75) is 13.8 Å². The van der Waals surface area contributed by atoms with Gasteiger partial charge in [0.2, 0.25) is 5.95 Å². The molecule has 1 heterocycles. The molecule has 1 aromatic heterocycles. The molecule has 0 atom stereocenters. The molecule has 0 saturated heterocycles. The summed E-state index contributed by atoms with van der Waals surface area (Å²) < 4.78 is 5.11. The lowest BCUT2D eigenvalue weighted by atomic mass is 10.3. The molecule has 0 unspecified atom stereocenters. The Morgan fingerprint density at radius 2 is 2.25 bits per heavy atom. The number of hydrogen-bond acceptors (Lipinski definition) is 5. The Morgan fingerprint density at radius 3 is 2.90 bits per heavy atom. The average Bonchev–Trinajstić information content (AvgIpc) is 2.49. The summed E-state index contributed by atoms with van der Waals surface area (Å²) in [4.78, 5) is 31.4. The van der Waals surface area contributed by atoms with E-state index in [1.165, 1.54) is 19.3 Å². The first kappa shape index (κ1) is 15.6. The van der Waals surface area contributed by atoms with Crippen LogP contribution in [0, 0.1) is 0 Å². The summed E-state index contributed by atoms with van der Waals surface area (Å²) in [6.45, 7) is 3.94. The van der Waals surface area contributed by atoms with Gasteiger partial charge in [0, 0.05) is 13.2 Å². The zero-order chi connectivity index (χ0) is 15.0. The molecular weight excluding hydrogens is 258 g/mol. The number of carbonyl (C=O) groups is 2. The van der Waals surface area contributed by atoms with Crippen molar-refractivity contribution in [2.75, 3.05) is 18.6 Å². The van der Waals surface area contributed by atoms with Crippen molar-refractivity contribution in [1.82, 2.24) is 9.97 Å². The minimum absolute atomic E-state index is 0.120. The molecule has 6 heteroatoms. The third-order valence-electron chi connectivity index (χ3n) is 2.36. The van der Waals surface area contributed by atoms with Gasteiger partial charge >= 0.3 is 6.09 Å². The maximum atomic E-state index is 11.8. The summed E-state index contributed by atoms with van der Waals surface area (Å²) in [6.07, 6.45) is 7.03. The topological polar surface area (TPSA) is 72.4 Å². The van der Waals surface area contributed by atoms with Crippen molar-refractivity contribution in [3.05, 3.63) is 41.8 Å². The average molecular weight is 275 g/mol. The minimum atomic E-state index is -0.582. The molecule has 20 heavy (non-hydrogen) atoms. The van der Waals surface area contributed by atoms with Crippen LogP contribution in [0.3, 0.4) is 0 Å². The van der Waals surface area contributed by atoms with Crippen molar-refractivity contribution in [3.63, 3.8) is 0 Å². The Kier molecular flexibility index (Phi) is 6.09. The van der Waals surface area contributed by atoms with E-state index in [4.69, 9.17) is 4.74 Å². The van der Waals surface area contributed by atoms with Crippen LogP contribution in [-0.4, -0.2) is 36.0 Å². The van der Waals surface area contributed by atoms with Gasteiger partial charge in [-0.2, -0.15) is 0 Å². The number of amides is 1. The monoisotopic (exact) mass is 275 g/mol. The number of nitrogens with zero attached hydrogens (tertiary/aromatic N) is 3. The first-order chi connectivity index (χ1) is 9.58. The highest BCUT2D eigenvalue weighted by molar-refractivity contribution is 5.85. The zero-order valence-electron chi connectivity index (χ0n) is 11.7. The van der Waals surface area contributed by atoms with Crippen LogP contribution in [0.4, 0.5) is 10.7 Å². The van der Waals surface area contributed by atoms with E-state index in [2.05, 4.69) is 9.97 Å². The van der Waals surface area contributed by atoms with Gasteiger partial charge in [-0.3, -0.25) is 4.79 Å². The van der Waals surface area contributed by atoms with Crippen LogP contribution in [0.1, 0.15) is 24.3 Å². The molecule has 0 bridgehead atoms. The Morgan fingerprint density at radius 1 is 1.50 bits per heavy atom. The molecule has 1 amide bonds. The van der Waals surface area contributed by atoms with Gasteiger partial charge in [0.25, 0.3) is 0 Å². The molecule has 1 aromatic rings. The highest BCUT2D eigenvalue weighted by atomic mass is 16.6. The van der Waals surface area contributed by atoms with Crippen molar-refractivity contribution in [2.24, 2.45) is 0 Å². The van der Waals surface area contributed by atoms with E-state index in [0.717, 1.165) is 10.5 Å². The van der Waals surface area contributed by atoms with Crippen LogP contribution in [0.15, 0.2) is 36.1 Å². The van der Waals surface area contributed by atoms with E-state index in [1.807, 2.05) is 32.1 Å². The second-order valence-electron chi connectivity index (χ2n) is 4.05. The molecular formula is C14H17N3O3. The van der Waals surface area contributed by atoms with E-state index in [1.54, 1.807) is 0 Å². The number of carbonyl (C=O) groups excluding carboxylic acids is 2. The predicted octanol–water partition coefficient (Wildman–Crippen LogP) is 2.38. The van der Waals surface area contributed by atoms with E-state index < -0.39 is 6.09 Å². The molecule has 0 spiro atoms. The third kappa shape index (κ3) is 4.64. The summed E-state index contributed by atoms with van der Waals surface area (Å²) in [5.74, 6) is 0.120. The van der Waals surface area contributed by atoms with Crippen LogP contribution in [-0.2, 0) is 4.74 Å². The van der Waals surface area contributed by atoms with Gasteiger partial charge in [0.05, 0.1) is 0 Å². The van der Waals surface area contributed by atoms with Gasteiger partial charge in [-0.15, -0.1) is 0 Å². The molecule has 0 radical (unpaired) electrons. The number of aromatic nitrogens is 2. The molecule has 0 aliphatic carbocycles. The summed E-state index contributed by atoms with van der Waals surface area (Å²) in [6, 6.07) is 1.46. The number of aldehydes is 1. The number of hydrogen-bond donors (Lipinski definition) is 0. The number of anilines is 1. The van der Waals surface area contributed by atoms with E-state index >= 15 is 0 Å². The van der Waals surface area contributed by atoms with E-state index in [-0.39, 0.29) is 18.2 Å². The third-order valence-corrected chi connectivity index (χ3v) is 2.36. The SMILES string of the molecule is CC=CC=C(C)COC(=O)N(C)c1nccc(C=O)n1. The fraction of sp³-hybridized carbons (Fsp3) is 0.286. The van der Waals surface area contributed by atoms with Gasteiger partial charge in [-0.25, -0.2) is 19.7 Å². The Balaban J connectivity index is 2.65. The molecule has 0 aromatic carbocycles. The highest BCUT2D eigenvalue weighted by Crippen LogP contribution is 2.07. The summed E-state index contributed by atoms with van der Waals surface area (Å²) in [7, 11) is 1.48. The fourth-order valence-electron chi connectivity index (χ4n) is 1.25. The van der Waals surface area contributed by atoms with Crippen molar-refractivity contribution >= 4 is 18.3 Å². The van der Waals surface area contributed by atoms with Gasteiger partial charge in [-0.05, 0) is 25.5 Å². The van der Waals surface area contributed by atoms with Crippen molar-refractivity contribution in [1.29, 1.82) is 0 Å². The number of ether oxygens (including phenoxy) is 1. The molecule has 1 rings (SSSR count). The van der Waals surface area contributed by atoms with Crippen molar-refractivity contribution < 1.29 is 14.3 Å². The summed E-state index contributed by atoms with van der Waals surface area (Å²) in [5, 5.41) is 0. The van der Waals surface area contributed by atoms with E-state index in [9.17, 15) is 9.59 Å². The quantitative estimate of drug-likeness (QED) is 0.609. The molecule has 6 nitrogen and oxygen atoms in total. The second kappa shape index (κ2) is 7.83. The molecule has 0 fully saturated rings. The lowest BCUT2D eigenvalue weighted by Crippen LogP contribution is -2.29. The van der Waals surface area contributed by atoms with Gasteiger partial charge in [0.15, 0.2) is 6.29 Å². The van der Waals surface area contributed by atoms with Crippen LogP contribution in [0.5, 0.6) is 0 Å². The molecule has 0 aliphatic rings. The highest BCUT2D eigenvalue weighted by Gasteiger charge is 2.15. The maximum absolute atomic E-state index is 11.8. The first-order valence-corrected chi connectivity index (χ1v) is 6.05. The summed E-state index contributed by atoms with van der Waals surface area (Å²) in [5.41, 5.74) is 1.12. The fourth-order valence-corrected chi connectivity index (χ4v) is 1.25. The zero-order valence-corrected chi connectivity index (χ0v) is 11.7. The smallest absolute Gasteiger partial charge is 0.416 e. The largest absolute Gasteiger partial charge is 0.445 e. The standard InChI is InChI=1S/C14H17N3O3/c1-4-5-6-11(2)10-20-14(19)17(3)13-15-8-7-12(9-18)16-13/h4-9H,10H2,1-3H3. The number of allylic oxidation sites excluding steroid dienone is 3. The van der Waals surface area contributed by atoms with Crippen LogP contribution in [0.25, 0.3) is 0 Å². The van der Waals surface area contributed by atoms with Gasteiger partial charge in [0.1, 0.15) is 12.3 Å². The normalized spacial score (nSPS) is 11.4. The van der Waals surface area contributed by atoms with Gasteiger partial charge in [-0.1, -0.05) is 18.2 Å². The van der Waals surface area contributed by atoms with Crippen molar-refractivity contribution in [3.8, 4) is 0 Å². The molecule has 0 saturated carbocycles. The first-order valence-electron chi connectivity index (χ1n) is 6.05. The Bertz CT molecular complexity index is 538. The maximum Gasteiger partial charge on any atom is 0.416 e. The lowest BCUT2D eigenvalue weighted by molar-refractivity contribution is 0.111. The number of rotatable bonds is 5. The second-order valence-corrected chi connectivity index (χ2v) is 4.05. The van der Waals surface area contributed by atoms with Crippen LogP contribution in [0.2, 0.25) is 0 Å². The summed E-state index contributed by atoms with van der Waals surface area (Å²) >= 11 is 0. The van der Waals surface area contributed by atoms with E-state index in [0.29, 0.717) is 6.29 Å². The predicted molar refractivity (Wildman–Crippen MR) is 75.7 cm³/mol. The van der Waals surface area contributed by atoms with Crippen LogP contribution >= 0.6 is 0 Å². The molecule has 0 N–H and O–H groups in total. The van der Waals surface area contributed by atoms with Crippen LogP contribution < -0.4 is 4.90 Å². The Hall–Kier alpha value is -2.50. The molecule has 106 valence electrons. The minimum Gasteiger partial charge on any atom is -0.445 e. The molecule has 0 aliphatic heterocycles.